The molecule has 2 amide bonds. The lowest BCUT2D eigenvalue weighted by molar-refractivity contribution is -0.136. The number of rotatable bonds is 3. The van der Waals surface area contributed by atoms with Crippen molar-refractivity contribution < 1.29 is 9.59 Å². The molecule has 1 aliphatic heterocycles. The number of anilines is 1. The van der Waals surface area contributed by atoms with Crippen molar-refractivity contribution >= 4 is 17.5 Å². The number of hydrogen-bond donors (Lipinski definition) is 1. The molecule has 2 aliphatic rings. The van der Waals surface area contributed by atoms with Crippen molar-refractivity contribution in [2.24, 2.45) is 13.0 Å². The molecule has 0 aromatic carbocycles. The Hall–Kier alpha value is -2.96. The van der Waals surface area contributed by atoms with Gasteiger partial charge in [0.15, 0.2) is 0 Å². The highest BCUT2D eigenvalue weighted by molar-refractivity contribution is 6.05. The van der Waals surface area contributed by atoms with Gasteiger partial charge in [-0.3, -0.25) is 19.4 Å². The van der Waals surface area contributed by atoms with Crippen molar-refractivity contribution in [3.05, 3.63) is 57.3 Å². The van der Waals surface area contributed by atoms with Crippen LogP contribution in [-0.2, 0) is 24.8 Å². The highest BCUT2D eigenvalue weighted by Crippen LogP contribution is 2.29. The van der Waals surface area contributed by atoms with Crippen molar-refractivity contribution in [2.75, 3.05) is 11.9 Å². The van der Waals surface area contributed by atoms with Gasteiger partial charge in [0.25, 0.3) is 11.5 Å². The van der Waals surface area contributed by atoms with Crippen molar-refractivity contribution in [1.29, 1.82) is 0 Å². The minimum Gasteiger partial charge on any atom is -0.338 e. The number of pyridine rings is 2. The molecule has 1 saturated carbocycles. The van der Waals surface area contributed by atoms with Gasteiger partial charge in [-0.1, -0.05) is 12.8 Å². The first kappa shape index (κ1) is 19.4. The molecule has 1 aliphatic carbocycles. The van der Waals surface area contributed by atoms with E-state index in [9.17, 15) is 14.4 Å². The summed E-state index contributed by atoms with van der Waals surface area (Å²) in [4.78, 5) is 44.5. The molecule has 1 fully saturated rings. The molecule has 0 unspecified atom stereocenters. The van der Waals surface area contributed by atoms with Crippen LogP contribution in [-0.4, -0.2) is 32.8 Å². The molecule has 152 valence electrons. The zero-order valence-electron chi connectivity index (χ0n) is 16.9. The predicted octanol–water partition coefficient (Wildman–Crippen LogP) is 2.42. The molecule has 0 bridgehead atoms. The van der Waals surface area contributed by atoms with Gasteiger partial charge in [0.2, 0.25) is 5.91 Å². The third-order valence-corrected chi connectivity index (χ3v) is 5.94. The Morgan fingerprint density at radius 2 is 1.97 bits per heavy atom. The summed E-state index contributed by atoms with van der Waals surface area (Å²) in [5, 5.41) is 2.80. The van der Waals surface area contributed by atoms with Gasteiger partial charge in [-0.05, 0) is 48.9 Å². The molecule has 7 heteroatoms. The fourth-order valence-electron chi connectivity index (χ4n) is 4.46. The molecule has 1 N–H and O–H groups in total. The Balaban J connectivity index is 1.62. The van der Waals surface area contributed by atoms with Crippen LogP contribution in [0.4, 0.5) is 5.69 Å². The number of nitrogens with one attached hydrogen (secondary N) is 1. The van der Waals surface area contributed by atoms with E-state index in [1.807, 2.05) is 17.9 Å². The first-order chi connectivity index (χ1) is 13.9. The largest absolute Gasteiger partial charge is 0.338 e. The number of fused-ring (bicyclic) bond motifs is 1. The fraction of sp³-hybridized carbons (Fsp3) is 0.455. The predicted molar refractivity (Wildman–Crippen MR) is 110 cm³/mol. The summed E-state index contributed by atoms with van der Waals surface area (Å²) in [6, 6.07) is 1.81. The number of aromatic nitrogens is 2. The number of carbonyl (C=O) groups excluding carboxylic acids is 2. The van der Waals surface area contributed by atoms with Crippen LogP contribution in [0.25, 0.3) is 0 Å². The van der Waals surface area contributed by atoms with Crippen molar-refractivity contribution in [1.82, 2.24) is 14.5 Å². The summed E-state index contributed by atoms with van der Waals surface area (Å²) in [6.45, 7) is 2.88. The maximum atomic E-state index is 13.0. The van der Waals surface area contributed by atoms with Gasteiger partial charge in [-0.15, -0.1) is 0 Å². The number of nitrogens with zero attached hydrogens (tertiary/aromatic N) is 3. The van der Waals surface area contributed by atoms with Gasteiger partial charge in [0.1, 0.15) is 5.56 Å². The Kier molecular flexibility index (Phi) is 5.22. The Morgan fingerprint density at radius 3 is 2.69 bits per heavy atom. The summed E-state index contributed by atoms with van der Waals surface area (Å²) in [5.74, 6) is -0.0927. The summed E-state index contributed by atoms with van der Waals surface area (Å²) in [6.07, 6.45) is 9.71. The highest BCUT2D eigenvalue weighted by atomic mass is 16.2. The molecule has 7 nitrogen and oxygen atoms in total. The molecule has 4 rings (SSSR count). The quantitative estimate of drug-likeness (QED) is 0.867. The lowest BCUT2D eigenvalue weighted by atomic mass is 9.94. The molecule has 0 atom stereocenters. The fourth-order valence-corrected chi connectivity index (χ4v) is 4.46. The molecule has 2 aromatic rings. The average Bonchev–Trinajstić information content (AvgIpc) is 3.22. The second kappa shape index (κ2) is 7.81. The van der Waals surface area contributed by atoms with E-state index in [1.165, 1.54) is 4.57 Å². The first-order valence-electron chi connectivity index (χ1n) is 10.2. The Bertz CT molecular complexity index is 1020. The summed E-state index contributed by atoms with van der Waals surface area (Å²) >= 11 is 0. The van der Waals surface area contributed by atoms with E-state index >= 15 is 0 Å². The third kappa shape index (κ3) is 3.81. The summed E-state index contributed by atoms with van der Waals surface area (Å²) in [7, 11) is 1.64. The molecule has 29 heavy (non-hydrogen) atoms. The molecule has 0 spiro atoms. The summed E-state index contributed by atoms with van der Waals surface area (Å²) in [5.41, 5.74) is 2.95. The van der Waals surface area contributed by atoms with Crippen LogP contribution in [0.3, 0.4) is 0 Å². The van der Waals surface area contributed by atoms with Crippen LogP contribution in [0, 0.1) is 12.8 Å². The van der Waals surface area contributed by atoms with Crippen LogP contribution in [0.2, 0.25) is 0 Å². The van der Waals surface area contributed by atoms with Gasteiger partial charge in [0.05, 0.1) is 11.9 Å². The molecule has 0 saturated heterocycles. The zero-order chi connectivity index (χ0) is 20.5. The van der Waals surface area contributed by atoms with E-state index < -0.39 is 5.91 Å². The molecular formula is C22H26N4O3. The molecule has 3 heterocycles. The number of amides is 2. The van der Waals surface area contributed by atoms with Crippen LogP contribution in [0.15, 0.2) is 29.5 Å². The van der Waals surface area contributed by atoms with E-state index in [0.717, 1.165) is 42.4 Å². The zero-order valence-corrected chi connectivity index (χ0v) is 16.9. The van der Waals surface area contributed by atoms with Crippen LogP contribution < -0.4 is 10.9 Å². The van der Waals surface area contributed by atoms with Crippen molar-refractivity contribution in [2.45, 2.75) is 45.6 Å². The van der Waals surface area contributed by atoms with Gasteiger partial charge in [-0.2, -0.15) is 0 Å². The topological polar surface area (TPSA) is 84.3 Å². The summed E-state index contributed by atoms with van der Waals surface area (Å²) < 4.78 is 1.44. The van der Waals surface area contributed by atoms with Gasteiger partial charge >= 0.3 is 0 Å². The van der Waals surface area contributed by atoms with Crippen molar-refractivity contribution in [3.8, 4) is 0 Å². The maximum Gasteiger partial charge on any atom is 0.263 e. The van der Waals surface area contributed by atoms with Crippen molar-refractivity contribution in [3.63, 3.8) is 0 Å². The van der Waals surface area contributed by atoms with E-state index in [4.69, 9.17) is 0 Å². The van der Waals surface area contributed by atoms with Crippen LogP contribution >= 0.6 is 0 Å². The van der Waals surface area contributed by atoms with Gasteiger partial charge in [0, 0.05) is 38.4 Å². The minimum absolute atomic E-state index is 0.126. The van der Waals surface area contributed by atoms with E-state index in [-0.39, 0.29) is 22.9 Å². The first-order valence-corrected chi connectivity index (χ1v) is 10.2. The second-order valence-corrected chi connectivity index (χ2v) is 8.12. The lowest BCUT2D eigenvalue weighted by Gasteiger charge is -2.32. The smallest absolute Gasteiger partial charge is 0.263 e. The maximum absolute atomic E-state index is 13.0. The number of hydrogen-bond acceptors (Lipinski definition) is 4. The molecular weight excluding hydrogens is 368 g/mol. The average molecular weight is 394 g/mol. The molecule has 0 radical (unpaired) electrons. The Labute approximate surface area is 169 Å². The van der Waals surface area contributed by atoms with E-state index in [1.54, 1.807) is 25.6 Å². The van der Waals surface area contributed by atoms with Crippen LogP contribution in [0.5, 0.6) is 0 Å². The normalized spacial score (nSPS) is 16.6. The van der Waals surface area contributed by atoms with Gasteiger partial charge in [-0.25, -0.2) is 0 Å². The third-order valence-electron chi connectivity index (χ3n) is 5.94. The Morgan fingerprint density at radius 1 is 1.21 bits per heavy atom. The van der Waals surface area contributed by atoms with Crippen LogP contribution in [0.1, 0.15) is 52.7 Å². The SMILES string of the molecule is Cc1cncc(NC(=O)c2c3c(cn(C)c2=O)CN(C(=O)C2CCCC2)CC3)c1. The second-order valence-electron chi connectivity index (χ2n) is 8.12. The minimum atomic E-state index is -0.426. The lowest BCUT2D eigenvalue weighted by Crippen LogP contribution is -2.42. The number of carbonyl (C=O) groups is 2. The highest BCUT2D eigenvalue weighted by Gasteiger charge is 2.32. The molecule has 2 aromatic heterocycles. The standard InChI is InChI=1S/C22H26N4O3/c1-14-9-17(11-23-10-14)24-20(27)19-18-7-8-26(21(28)15-5-3-4-6-15)13-16(18)12-25(2)22(19)29/h9-12,15H,3-8,13H2,1-2H3,(H,24,27). The van der Waals surface area contributed by atoms with E-state index in [0.29, 0.717) is 25.2 Å². The number of aryl methyl sites for hydroxylation is 2. The van der Waals surface area contributed by atoms with E-state index in [2.05, 4.69) is 10.3 Å². The monoisotopic (exact) mass is 394 g/mol. The van der Waals surface area contributed by atoms with Gasteiger partial charge < -0.3 is 14.8 Å².